The fourth-order valence-corrected chi connectivity index (χ4v) is 2.44. The van der Waals surface area contributed by atoms with Gasteiger partial charge in [-0.25, -0.2) is 4.68 Å². The van der Waals surface area contributed by atoms with Gasteiger partial charge >= 0.3 is 0 Å². The van der Waals surface area contributed by atoms with Crippen LogP contribution in [-0.2, 0) is 7.05 Å². The molecule has 1 rings (SSSR count). The number of aliphatic hydroxyl groups excluding tert-OH is 1. The van der Waals surface area contributed by atoms with Crippen LogP contribution in [0.25, 0.3) is 0 Å². The van der Waals surface area contributed by atoms with E-state index in [0.29, 0.717) is 4.47 Å². The highest BCUT2D eigenvalue weighted by atomic mass is 79.9. The summed E-state index contributed by atoms with van der Waals surface area (Å²) in [5, 5.41) is 15.7. The summed E-state index contributed by atoms with van der Waals surface area (Å²) in [5.41, 5.74) is 0.568. The molecule has 2 N–H and O–H groups in total. The molecule has 0 spiro atoms. The molecule has 96 valence electrons. The lowest BCUT2D eigenvalue weighted by Crippen LogP contribution is -2.21. The van der Waals surface area contributed by atoms with E-state index in [1.54, 1.807) is 25.0 Å². The standard InChI is InChI=1S/C10H16BrN3O2S/c1-14-10(16)9(11)8(7-13-14)12-3-6-17-5-2-4-15/h7,12,15H,2-6H2,1H3. The van der Waals surface area contributed by atoms with Gasteiger partial charge in [0.2, 0.25) is 0 Å². The predicted molar refractivity (Wildman–Crippen MR) is 74.7 cm³/mol. The average Bonchev–Trinajstić information content (AvgIpc) is 2.33. The molecule has 0 aliphatic heterocycles. The molecule has 0 aliphatic rings. The van der Waals surface area contributed by atoms with Gasteiger partial charge < -0.3 is 10.4 Å². The molecule has 1 aromatic heterocycles. The summed E-state index contributed by atoms with van der Waals surface area (Å²) in [5.74, 6) is 1.88. The van der Waals surface area contributed by atoms with Crippen molar-refractivity contribution in [3.63, 3.8) is 0 Å². The number of aliphatic hydroxyl groups is 1. The van der Waals surface area contributed by atoms with Crippen molar-refractivity contribution in [3.8, 4) is 0 Å². The Hall–Kier alpha value is -0.530. The van der Waals surface area contributed by atoms with Gasteiger partial charge in [-0.15, -0.1) is 0 Å². The number of nitrogens with zero attached hydrogens (tertiary/aromatic N) is 2. The molecule has 17 heavy (non-hydrogen) atoms. The van der Waals surface area contributed by atoms with Gasteiger partial charge in [0, 0.05) is 26.0 Å². The number of thioether (sulfide) groups is 1. The maximum Gasteiger partial charge on any atom is 0.282 e. The molecule has 5 nitrogen and oxygen atoms in total. The van der Waals surface area contributed by atoms with E-state index in [4.69, 9.17) is 5.11 Å². The van der Waals surface area contributed by atoms with Gasteiger partial charge in [-0.1, -0.05) is 0 Å². The van der Waals surface area contributed by atoms with Crippen molar-refractivity contribution in [2.24, 2.45) is 7.05 Å². The van der Waals surface area contributed by atoms with Gasteiger partial charge in [-0.05, 0) is 28.1 Å². The molecular weight excluding hydrogens is 306 g/mol. The van der Waals surface area contributed by atoms with Gasteiger partial charge in [0.1, 0.15) is 4.47 Å². The Balaban J connectivity index is 2.37. The topological polar surface area (TPSA) is 67.2 Å². The minimum atomic E-state index is -0.150. The Morgan fingerprint density at radius 1 is 1.59 bits per heavy atom. The zero-order valence-electron chi connectivity index (χ0n) is 9.65. The predicted octanol–water partition coefficient (Wildman–Crippen LogP) is 1.07. The summed E-state index contributed by atoms with van der Waals surface area (Å²) in [6.07, 6.45) is 2.45. The second-order valence-electron chi connectivity index (χ2n) is 3.42. The lowest BCUT2D eigenvalue weighted by atomic mass is 10.4. The number of nitrogens with one attached hydrogen (secondary N) is 1. The van der Waals surface area contributed by atoms with Crippen LogP contribution in [-0.4, -0.2) is 39.5 Å². The van der Waals surface area contributed by atoms with Crippen LogP contribution in [0, 0.1) is 0 Å². The van der Waals surface area contributed by atoms with E-state index in [9.17, 15) is 4.79 Å². The van der Waals surface area contributed by atoms with Crippen LogP contribution in [0.2, 0.25) is 0 Å². The number of halogens is 1. The first-order valence-corrected chi connectivity index (χ1v) is 7.26. The number of hydrogen-bond acceptors (Lipinski definition) is 5. The summed E-state index contributed by atoms with van der Waals surface area (Å²) in [6, 6.07) is 0. The van der Waals surface area contributed by atoms with Gasteiger partial charge in [-0.3, -0.25) is 4.79 Å². The minimum absolute atomic E-state index is 0.150. The van der Waals surface area contributed by atoms with Crippen molar-refractivity contribution >= 4 is 33.4 Å². The lowest BCUT2D eigenvalue weighted by molar-refractivity contribution is 0.296. The minimum Gasteiger partial charge on any atom is -0.396 e. The first-order valence-electron chi connectivity index (χ1n) is 5.31. The smallest absolute Gasteiger partial charge is 0.282 e. The van der Waals surface area contributed by atoms with Crippen molar-refractivity contribution in [3.05, 3.63) is 21.0 Å². The lowest BCUT2D eigenvalue weighted by Gasteiger charge is -2.08. The Morgan fingerprint density at radius 3 is 3.06 bits per heavy atom. The van der Waals surface area contributed by atoms with E-state index in [0.717, 1.165) is 30.2 Å². The molecule has 1 aromatic rings. The summed E-state index contributed by atoms with van der Waals surface area (Å²) in [6.45, 7) is 1.01. The Morgan fingerprint density at radius 2 is 2.35 bits per heavy atom. The first-order chi connectivity index (χ1) is 8.16. The summed E-state index contributed by atoms with van der Waals surface area (Å²) >= 11 is 5.02. The molecule has 1 heterocycles. The first kappa shape index (κ1) is 14.5. The van der Waals surface area contributed by atoms with E-state index >= 15 is 0 Å². The van der Waals surface area contributed by atoms with Crippen LogP contribution in [0.5, 0.6) is 0 Å². The highest BCUT2D eigenvalue weighted by Gasteiger charge is 2.05. The van der Waals surface area contributed by atoms with Crippen LogP contribution in [0.3, 0.4) is 0 Å². The Kier molecular flexibility index (Phi) is 6.61. The largest absolute Gasteiger partial charge is 0.396 e. The average molecular weight is 322 g/mol. The van der Waals surface area contributed by atoms with Crippen molar-refractivity contribution < 1.29 is 5.11 Å². The number of hydrogen-bond donors (Lipinski definition) is 2. The van der Waals surface area contributed by atoms with Gasteiger partial charge in [0.15, 0.2) is 0 Å². The summed E-state index contributed by atoms with van der Waals surface area (Å²) < 4.78 is 1.79. The molecule has 0 amide bonds. The third-order valence-corrected chi connectivity index (χ3v) is 3.92. The van der Waals surface area contributed by atoms with Crippen LogP contribution in [0.15, 0.2) is 15.5 Å². The monoisotopic (exact) mass is 321 g/mol. The molecule has 0 aliphatic carbocycles. The van der Waals surface area contributed by atoms with Gasteiger partial charge in [0.05, 0.1) is 11.9 Å². The van der Waals surface area contributed by atoms with E-state index in [2.05, 4.69) is 26.3 Å². The zero-order chi connectivity index (χ0) is 12.7. The summed E-state index contributed by atoms with van der Waals surface area (Å²) in [7, 11) is 1.61. The molecule has 7 heteroatoms. The second kappa shape index (κ2) is 7.73. The van der Waals surface area contributed by atoms with Crippen LogP contribution >= 0.6 is 27.7 Å². The molecule has 0 saturated heterocycles. The van der Waals surface area contributed by atoms with Crippen molar-refractivity contribution in [1.29, 1.82) is 0 Å². The number of aromatic nitrogens is 2. The fourth-order valence-electron chi connectivity index (χ4n) is 1.16. The van der Waals surface area contributed by atoms with E-state index in [1.165, 1.54) is 4.68 Å². The van der Waals surface area contributed by atoms with Crippen LogP contribution in [0.4, 0.5) is 5.69 Å². The van der Waals surface area contributed by atoms with Gasteiger partial charge in [0.25, 0.3) is 5.56 Å². The fraction of sp³-hybridized carbons (Fsp3) is 0.600. The van der Waals surface area contributed by atoms with Crippen molar-refractivity contribution in [2.45, 2.75) is 6.42 Å². The molecule has 0 radical (unpaired) electrons. The maximum atomic E-state index is 11.5. The SMILES string of the molecule is Cn1ncc(NCCSCCCO)c(Br)c1=O. The normalized spacial score (nSPS) is 10.5. The molecular formula is C10H16BrN3O2S. The number of rotatable bonds is 7. The number of aryl methyl sites for hydroxylation is 1. The Bertz CT molecular complexity index is 411. The second-order valence-corrected chi connectivity index (χ2v) is 5.44. The quantitative estimate of drug-likeness (QED) is 0.735. The summed E-state index contributed by atoms with van der Waals surface area (Å²) in [4.78, 5) is 11.5. The molecule has 0 bridgehead atoms. The van der Waals surface area contributed by atoms with Crippen molar-refractivity contribution in [2.75, 3.05) is 30.0 Å². The molecule has 0 unspecified atom stereocenters. The number of anilines is 1. The molecule has 0 fully saturated rings. The van der Waals surface area contributed by atoms with E-state index < -0.39 is 0 Å². The zero-order valence-corrected chi connectivity index (χ0v) is 12.1. The third kappa shape index (κ3) is 4.69. The van der Waals surface area contributed by atoms with Crippen molar-refractivity contribution in [1.82, 2.24) is 9.78 Å². The van der Waals surface area contributed by atoms with E-state index in [1.807, 2.05) is 0 Å². The Labute approximate surface area is 113 Å². The van der Waals surface area contributed by atoms with Crippen LogP contribution in [0.1, 0.15) is 6.42 Å². The molecule has 0 atom stereocenters. The maximum absolute atomic E-state index is 11.5. The highest BCUT2D eigenvalue weighted by Crippen LogP contribution is 2.15. The van der Waals surface area contributed by atoms with Crippen LogP contribution < -0.4 is 10.9 Å². The van der Waals surface area contributed by atoms with E-state index in [-0.39, 0.29) is 12.2 Å². The van der Waals surface area contributed by atoms with Gasteiger partial charge in [-0.2, -0.15) is 16.9 Å². The molecule has 0 aromatic carbocycles. The highest BCUT2D eigenvalue weighted by molar-refractivity contribution is 9.10. The third-order valence-electron chi connectivity index (χ3n) is 2.09. The molecule has 0 saturated carbocycles.